The van der Waals surface area contributed by atoms with Crippen LogP contribution in [0.15, 0.2) is 51.8 Å². The highest BCUT2D eigenvalue weighted by Crippen LogP contribution is 2.27. The second kappa shape index (κ2) is 11.8. The van der Waals surface area contributed by atoms with Crippen molar-refractivity contribution in [2.75, 3.05) is 38.2 Å². The number of amides is 1. The molecule has 2 aromatic rings. The Hall–Kier alpha value is -1.94. The molecule has 1 saturated heterocycles. The lowest BCUT2D eigenvalue weighted by Gasteiger charge is -2.26. The zero-order chi connectivity index (χ0) is 23.0. The van der Waals surface area contributed by atoms with Gasteiger partial charge in [0.15, 0.2) is 0 Å². The lowest BCUT2D eigenvalue weighted by molar-refractivity contribution is 0.0730. The van der Waals surface area contributed by atoms with Crippen molar-refractivity contribution < 1.29 is 22.7 Å². The fourth-order valence-corrected chi connectivity index (χ4v) is 5.22. The van der Waals surface area contributed by atoms with Crippen LogP contribution in [0.25, 0.3) is 0 Å². The second-order valence-electron chi connectivity index (χ2n) is 7.55. The van der Waals surface area contributed by atoms with Gasteiger partial charge >= 0.3 is 0 Å². The van der Waals surface area contributed by atoms with E-state index in [4.69, 9.17) is 9.47 Å². The van der Waals surface area contributed by atoms with Gasteiger partial charge in [0.05, 0.1) is 29.2 Å². The molecule has 1 aliphatic heterocycles. The SMILES string of the molecule is CCCCCCOc1ccc(C(=O)Nc2ccc(S(=O)(=O)N3CCOCC3)cc2)cc1Br. The van der Waals surface area contributed by atoms with Gasteiger partial charge in [-0.05, 0) is 64.8 Å². The van der Waals surface area contributed by atoms with Crippen molar-refractivity contribution in [3.05, 3.63) is 52.5 Å². The number of anilines is 1. The van der Waals surface area contributed by atoms with Gasteiger partial charge in [0.2, 0.25) is 10.0 Å². The topological polar surface area (TPSA) is 84.9 Å². The highest BCUT2D eigenvalue weighted by Gasteiger charge is 2.26. The monoisotopic (exact) mass is 524 g/mol. The molecule has 0 aliphatic carbocycles. The van der Waals surface area contributed by atoms with Crippen molar-refractivity contribution >= 4 is 37.5 Å². The maximum Gasteiger partial charge on any atom is 0.255 e. The van der Waals surface area contributed by atoms with E-state index in [0.29, 0.717) is 54.4 Å². The van der Waals surface area contributed by atoms with Crippen molar-refractivity contribution in [2.45, 2.75) is 37.5 Å². The van der Waals surface area contributed by atoms with Crippen LogP contribution >= 0.6 is 15.9 Å². The van der Waals surface area contributed by atoms with Crippen molar-refractivity contribution in [2.24, 2.45) is 0 Å². The summed E-state index contributed by atoms with van der Waals surface area (Å²) in [6.07, 6.45) is 4.52. The number of sulfonamides is 1. The number of benzene rings is 2. The molecule has 1 heterocycles. The van der Waals surface area contributed by atoms with Crippen LogP contribution in [0.4, 0.5) is 5.69 Å². The smallest absolute Gasteiger partial charge is 0.255 e. The molecule has 9 heteroatoms. The van der Waals surface area contributed by atoms with Gasteiger partial charge in [-0.15, -0.1) is 0 Å². The first-order valence-corrected chi connectivity index (χ1v) is 13.1. The molecule has 0 unspecified atom stereocenters. The number of halogens is 1. The van der Waals surface area contributed by atoms with Crippen LogP contribution in [-0.4, -0.2) is 51.5 Å². The predicted octanol–water partition coefficient (Wildman–Crippen LogP) is 4.68. The Balaban J connectivity index is 1.59. The number of ether oxygens (including phenoxy) is 2. The van der Waals surface area contributed by atoms with Crippen molar-refractivity contribution in [3.63, 3.8) is 0 Å². The lowest BCUT2D eigenvalue weighted by Crippen LogP contribution is -2.40. The van der Waals surface area contributed by atoms with Gasteiger partial charge in [0.25, 0.3) is 5.91 Å². The van der Waals surface area contributed by atoms with E-state index in [1.807, 2.05) is 0 Å². The Morgan fingerprint density at radius 2 is 1.81 bits per heavy atom. The summed E-state index contributed by atoms with van der Waals surface area (Å²) >= 11 is 3.47. The molecule has 3 rings (SSSR count). The summed E-state index contributed by atoms with van der Waals surface area (Å²) in [5, 5.41) is 2.80. The van der Waals surface area contributed by atoms with Crippen LogP contribution in [0.5, 0.6) is 5.75 Å². The average Bonchev–Trinajstić information content (AvgIpc) is 2.80. The van der Waals surface area contributed by atoms with E-state index in [9.17, 15) is 13.2 Å². The van der Waals surface area contributed by atoms with E-state index >= 15 is 0 Å². The molecule has 2 aromatic carbocycles. The van der Waals surface area contributed by atoms with E-state index in [2.05, 4.69) is 28.2 Å². The van der Waals surface area contributed by atoms with E-state index in [1.54, 1.807) is 30.3 Å². The van der Waals surface area contributed by atoms with Gasteiger partial charge in [-0.1, -0.05) is 26.2 Å². The molecule has 1 amide bonds. The number of nitrogens with zero attached hydrogens (tertiary/aromatic N) is 1. The van der Waals surface area contributed by atoms with Gasteiger partial charge in [0, 0.05) is 24.3 Å². The lowest BCUT2D eigenvalue weighted by atomic mass is 10.2. The van der Waals surface area contributed by atoms with Crippen molar-refractivity contribution in [1.29, 1.82) is 0 Å². The third kappa shape index (κ3) is 6.54. The first kappa shape index (κ1) is 24.7. The first-order valence-electron chi connectivity index (χ1n) is 10.8. The molecule has 0 radical (unpaired) electrons. The van der Waals surface area contributed by atoms with Gasteiger partial charge in [-0.25, -0.2) is 8.42 Å². The van der Waals surface area contributed by atoms with Gasteiger partial charge in [0.1, 0.15) is 5.75 Å². The molecule has 0 saturated carbocycles. The Labute approximate surface area is 198 Å². The summed E-state index contributed by atoms with van der Waals surface area (Å²) in [6.45, 7) is 4.28. The number of morpholine rings is 1. The molecule has 1 N–H and O–H groups in total. The number of hydrogen-bond acceptors (Lipinski definition) is 5. The Morgan fingerprint density at radius 3 is 2.47 bits per heavy atom. The molecular weight excluding hydrogens is 496 g/mol. The third-order valence-corrected chi connectivity index (χ3v) is 7.70. The fourth-order valence-electron chi connectivity index (χ4n) is 3.32. The number of rotatable bonds is 10. The summed E-state index contributed by atoms with van der Waals surface area (Å²) in [6, 6.07) is 11.4. The maximum absolute atomic E-state index is 12.7. The Bertz CT molecular complexity index is 1010. The van der Waals surface area contributed by atoms with Crippen LogP contribution in [0.3, 0.4) is 0 Å². The second-order valence-corrected chi connectivity index (χ2v) is 10.3. The number of carbonyl (C=O) groups excluding carboxylic acids is 1. The molecule has 7 nitrogen and oxygen atoms in total. The number of carbonyl (C=O) groups is 1. The fraction of sp³-hybridized carbons (Fsp3) is 0.435. The van der Waals surface area contributed by atoms with Gasteiger partial charge < -0.3 is 14.8 Å². The third-order valence-electron chi connectivity index (χ3n) is 5.17. The highest BCUT2D eigenvalue weighted by molar-refractivity contribution is 9.10. The van der Waals surface area contributed by atoms with Crippen LogP contribution in [0, 0.1) is 0 Å². The molecule has 174 valence electrons. The molecule has 0 bridgehead atoms. The molecular formula is C23H29BrN2O5S. The van der Waals surface area contributed by atoms with Gasteiger partial charge in [-0.3, -0.25) is 4.79 Å². The number of unbranched alkanes of at least 4 members (excludes halogenated alkanes) is 3. The number of hydrogen-bond donors (Lipinski definition) is 1. The minimum Gasteiger partial charge on any atom is -0.492 e. The van der Waals surface area contributed by atoms with Gasteiger partial charge in [-0.2, -0.15) is 4.31 Å². The van der Waals surface area contributed by atoms with E-state index in [1.165, 1.54) is 29.3 Å². The van der Waals surface area contributed by atoms with E-state index < -0.39 is 10.0 Å². The molecule has 0 spiro atoms. The van der Waals surface area contributed by atoms with Crippen LogP contribution in [0.2, 0.25) is 0 Å². The van der Waals surface area contributed by atoms with Crippen LogP contribution in [0.1, 0.15) is 43.0 Å². The molecule has 1 aliphatic rings. The normalized spacial score (nSPS) is 14.8. The Morgan fingerprint density at radius 1 is 1.09 bits per heavy atom. The summed E-state index contributed by atoms with van der Waals surface area (Å²) in [7, 11) is -3.56. The molecule has 1 fully saturated rings. The summed E-state index contributed by atoms with van der Waals surface area (Å²) < 4.78 is 38.5. The number of nitrogens with one attached hydrogen (secondary N) is 1. The largest absolute Gasteiger partial charge is 0.492 e. The quantitative estimate of drug-likeness (QED) is 0.456. The van der Waals surface area contributed by atoms with E-state index in [0.717, 1.165) is 12.8 Å². The highest BCUT2D eigenvalue weighted by atomic mass is 79.9. The van der Waals surface area contributed by atoms with Crippen molar-refractivity contribution in [1.82, 2.24) is 4.31 Å². The standard InChI is InChI=1S/C23H29BrN2O5S/c1-2-3-4-5-14-31-22-11-6-18(17-21(22)24)23(27)25-19-7-9-20(10-8-19)32(28,29)26-12-15-30-16-13-26/h6-11,17H,2-5,12-16H2,1H3,(H,25,27). The predicted molar refractivity (Wildman–Crippen MR) is 128 cm³/mol. The van der Waals surface area contributed by atoms with Crippen LogP contribution in [-0.2, 0) is 14.8 Å². The Kier molecular flexibility index (Phi) is 9.10. The molecule has 32 heavy (non-hydrogen) atoms. The minimum atomic E-state index is -3.56. The van der Waals surface area contributed by atoms with E-state index in [-0.39, 0.29) is 10.8 Å². The first-order chi connectivity index (χ1) is 15.4. The molecule has 0 aromatic heterocycles. The van der Waals surface area contributed by atoms with Crippen LogP contribution < -0.4 is 10.1 Å². The zero-order valence-electron chi connectivity index (χ0n) is 18.2. The summed E-state index contributed by atoms with van der Waals surface area (Å²) in [5.41, 5.74) is 0.989. The maximum atomic E-state index is 12.7. The molecule has 0 atom stereocenters. The minimum absolute atomic E-state index is 0.195. The van der Waals surface area contributed by atoms with Crippen molar-refractivity contribution in [3.8, 4) is 5.75 Å². The zero-order valence-corrected chi connectivity index (χ0v) is 20.6. The summed E-state index contributed by atoms with van der Waals surface area (Å²) in [5.74, 6) is 0.416. The average molecular weight is 525 g/mol. The summed E-state index contributed by atoms with van der Waals surface area (Å²) in [4.78, 5) is 12.8.